The van der Waals surface area contributed by atoms with Crippen LogP contribution in [0.1, 0.15) is 0 Å². The van der Waals surface area contributed by atoms with E-state index in [1.807, 2.05) is 0 Å². The molecule has 0 atom stereocenters. The summed E-state index contributed by atoms with van der Waals surface area (Å²) in [6.45, 7) is 0. The summed E-state index contributed by atoms with van der Waals surface area (Å²) < 4.78 is 5.33. The fourth-order valence-electron chi connectivity index (χ4n) is 0. The Labute approximate surface area is 95.6 Å². The van der Waals surface area contributed by atoms with Gasteiger partial charge in [0.05, 0.1) is 0 Å². The van der Waals surface area contributed by atoms with Crippen molar-refractivity contribution in [2.45, 2.75) is 0 Å². The second-order valence-corrected chi connectivity index (χ2v) is 0. The second-order valence-electron chi connectivity index (χ2n) is 0. The SMILES string of the molecule is N=S.[KH].[NaH]. The van der Waals surface area contributed by atoms with Gasteiger partial charge in [0, 0.05) is 12.4 Å². The molecule has 0 radical (unpaired) electrons. The third-order valence-corrected chi connectivity index (χ3v) is 0. The summed E-state index contributed by atoms with van der Waals surface area (Å²) in [4.78, 5) is 0. The third kappa shape index (κ3) is 8.82. The Balaban J connectivity index is -0.00000000500. The summed E-state index contributed by atoms with van der Waals surface area (Å²) in [5.41, 5.74) is 0. The zero-order valence-electron chi connectivity index (χ0n) is 0.908. The molecule has 0 aliphatic carbocycles. The zero-order valence-corrected chi connectivity index (χ0v) is 1.72. The van der Waals surface area contributed by atoms with Crippen molar-refractivity contribution in [2.75, 3.05) is 0 Å². The normalized spacial score (nSPS) is 1.00. The van der Waals surface area contributed by atoms with Gasteiger partial charge in [0.1, 0.15) is 0 Å². The van der Waals surface area contributed by atoms with Crippen molar-refractivity contribution in [3.63, 3.8) is 0 Å². The Kier molecular flexibility index (Phi) is 69.2. The molecule has 0 rings (SSSR count). The Bertz CT molecular complexity index is 8.00. The van der Waals surface area contributed by atoms with Gasteiger partial charge in [0.15, 0.2) is 0 Å². The minimum absolute atomic E-state index is 0. The molecule has 0 aromatic heterocycles. The van der Waals surface area contributed by atoms with Crippen LogP contribution in [0.5, 0.6) is 0 Å². The molecule has 0 aromatic carbocycles. The van der Waals surface area contributed by atoms with Gasteiger partial charge in [-0.1, -0.05) is 0 Å². The molecular formula is H3KNNaS. The van der Waals surface area contributed by atoms with Gasteiger partial charge >= 0.3 is 80.9 Å². The number of hydrogen-bond acceptors (Lipinski definition) is 2. The van der Waals surface area contributed by atoms with Crippen LogP contribution >= 0.6 is 0 Å². The summed E-state index contributed by atoms with van der Waals surface area (Å²) in [5, 5.41) is 0. The van der Waals surface area contributed by atoms with Gasteiger partial charge in [0.25, 0.3) is 0 Å². The number of nitrogens with one attached hydrogen (secondary N) is 1. The molecule has 1 N–H and O–H groups in total. The van der Waals surface area contributed by atoms with Crippen LogP contribution in [0.25, 0.3) is 0 Å². The third-order valence-electron chi connectivity index (χ3n) is 0. The van der Waals surface area contributed by atoms with Gasteiger partial charge in [-0.25, -0.2) is 4.78 Å². The van der Waals surface area contributed by atoms with E-state index in [2.05, 4.69) is 12.4 Å². The van der Waals surface area contributed by atoms with E-state index in [1.165, 1.54) is 0 Å². The first-order valence-corrected chi connectivity index (χ1v) is 0.612. The predicted octanol–water partition coefficient (Wildman–Crippen LogP) is -1.00. The first kappa shape index (κ1) is 15.9. The molecule has 0 saturated carbocycles. The van der Waals surface area contributed by atoms with E-state index < -0.39 is 0 Å². The summed E-state index contributed by atoms with van der Waals surface area (Å²) in [6, 6.07) is 0. The summed E-state index contributed by atoms with van der Waals surface area (Å²) in [5.74, 6) is 0. The van der Waals surface area contributed by atoms with Gasteiger partial charge in [0.2, 0.25) is 0 Å². The van der Waals surface area contributed by atoms with Gasteiger partial charge < -0.3 is 0 Å². The van der Waals surface area contributed by atoms with Crippen molar-refractivity contribution in [2.24, 2.45) is 0 Å². The van der Waals surface area contributed by atoms with E-state index in [0.717, 1.165) is 0 Å². The van der Waals surface area contributed by atoms with Crippen LogP contribution in [-0.4, -0.2) is 80.9 Å². The van der Waals surface area contributed by atoms with E-state index in [4.69, 9.17) is 4.78 Å². The first-order chi connectivity index (χ1) is 1.00. The van der Waals surface area contributed by atoms with Gasteiger partial charge in [-0.3, -0.25) is 0 Å². The minimum atomic E-state index is 0. The van der Waals surface area contributed by atoms with Crippen molar-refractivity contribution in [1.82, 2.24) is 0 Å². The molecule has 0 aliphatic rings. The fraction of sp³-hybridized carbons (Fsp3) is 0. The van der Waals surface area contributed by atoms with Crippen LogP contribution in [0.15, 0.2) is 0 Å². The van der Waals surface area contributed by atoms with Crippen LogP contribution in [-0.2, 0) is 12.4 Å². The number of rotatable bonds is 0. The molecule has 0 heterocycles. The van der Waals surface area contributed by atoms with Gasteiger partial charge in [-0.2, -0.15) is 0 Å². The zero-order chi connectivity index (χ0) is 2.00. The summed E-state index contributed by atoms with van der Waals surface area (Å²) >= 11 is 3.33. The van der Waals surface area contributed by atoms with Crippen LogP contribution in [0.4, 0.5) is 0 Å². The summed E-state index contributed by atoms with van der Waals surface area (Å²) in [7, 11) is 0. The molecule has 0 saturated heterocycles. The first-order valence-electron chi connectivity index (χ1n) is 0.204. The van der Waals surface area contributed by atoms with E-state index in [1.54, 1.807) is 0 Å². The van der Waals surface area contributed by atoms with Crippen molar-refractivity contribution in [1.29, 1.82) is 4.78 Å². The quantitative estimate of drug-likeness (QED) is 0.398. The molecule has 0 bridgehead atoms. The number of hydrogen-bond donors (Lipinski definition) is 1. The Morgan fingerprint density at radius 2 is 1.25 bits per heavy atom. The predicted molar refractivity (Wildman–Crippen MR) is 24.4 cm³/mol. The maximum absolute atomic E-state index is 5.33. The molecule has 1 nitrogen and oxygen atoms in total. The average molecular weight is 111 g/mol. The molecule has 0 fully saturated rings. The molecule has 0 spiro atoms. The van der Waals surface area contributed by atoms with Crippen LogP contribution in [0.3, 0.4) is 0 Å². The maximum atomic E-state index is 5.33. The Morgan fingerprint density at radius 3 is 1.25 bits per heavy atom. The monoisotopic (exact) mass is 111 g/mol. The molecular weight excluding hydrogens is 108 g/mol. The van der Waals surface area contributed by atoms with E-state index in [0.29, 0.717) is 0 Å². The second kappa shape index (κ2) is 17.4. The Hall–Kier alpha value is 2.66. The molecule has 0 aromatic rings. The average Bonchev–Trinajstić information content (AvgIpc) is 1.00. The van der Waals surface area contributed by atoms with Crippen molar-refractivity contribution >= 4 is 93.4 Å². The molecule has 0 aliphatic heterocycles. The van der Waals surface area contributed by atoms with Crippen LogP contribution in [0.2, 0.25) is 0 Å². The van der Waals surface area contributed by atoms with Gasteiger partial charge in [-0.15, -0.1) is 0 Å². The molecule has 0 unspecified atom stereocenters. The summed E-state index contributed by atoms with van der Waals surface area (Å²) in [6.07, 6.45) is 0. The van der Waals surface area contributed by atoms with Crippen molar-refractivity contribution in [3.8, 4) is 0 Å². The standard InChI is InChI=1S/K.HNS.Na.2H/c;1-2;;;/h;1H;;;. The van der Waals surface area contributed by atoms with E-state index >= 15 is 0 Å². The molecule has 4 heavy (non-hydrogen) atoms. The van der Waals surface area contributed by atoms with Crippen LogP contribution in [0, 0.1) is 4.78 Å². The topological polar surface area (TPSA) is 23.9 Å². The van der Waals surface area contributed by atoms with E-state index in [-0.39, 0.29) is 80.9 Å². The molecule has 16 valence electrons. The van der Waals surface area contributed by atoms with Crippen molar-refractivity contribution in [3.05, 3.63) is 0 Å². The van der Waals surface area contributed by atoms with E-state index in [9.17, 15) is 0 Å². The van der Waals surface area contributed by atoms with Gasteiger partial charge in [-0.05, 0) is 0 Å². The van der Waals surface area contributed by atoms with Crippen molar-refractivity contribution < 1.29 is 0 Å². The van der Waals surface area contributed by atoms with Crippen LogP contribution < -0.4 is 0 Å². The fourth-order valence-corrected chi connectivity index (χ4v) is 0. The Morgan fingerprint density at radius 1 is 1.25 bits per heavy atom. The molecule has 4 heteroatoms. The molecule has 0 amide bonds.